The van der Waals surface area contributed by atoms with E-state index in [4.69, 9.17) is 0 Å². The molecule has 1 amide bonds. The quantitative estimate of drug-likeness (QED) is 0.423. The van der Waals surface area contributed by atoms with E-state index in [-0.39, 0.29) is 5.91 Å². The molecule has 18 heavy (non-hydrogen) atoms. The van der Waals surface area contributed by atoms with Crippen molar-refractivity contribution < 1.29 is 4.79 Å². The Bertz CT molecular complexity index is 233. The molecule has 0 atom stereocenters. The number of hydrogen-bond acceptors (Lipinski definition) is 1. The molecule has 0 saturated heterocycles. The van der Waals surface area contributed by atoms with Crippen LogP contribution in [0, 0.1) is 0 Å². The summed E-state index contributed by atoms with van der Waals surface area (Å²) in [5, 5.41) is 2.99. The Morgan fingerprint density at radius 1 is 0.944 bits per heavy atom. The number of amides is 1. The molecule has 0 spiro atoms. The molecule has 0 radical (unpaired) electrons. The predicted molar refractivity (Wildman–Crippen MR) is 79.7 cm³/mol. The van der Waals surface area contributed by atoms with Crippen LogP contribution in [0.3, 0.4) is 0 Å². The van der Waals surface area contributed by atoms with Crippen LogP contribution in [0.15, 0.2) is 11.6 Å². The molecule has 2 nitrogen and oxygen atoms in total. The Kier molecular flexibility index (Phi) is 12.1. The number of carbonyl (C=O) groups excluding carboxylic acids is 1. The van der Waals surface area contributed by atoms with Crippen molar-refractivity contribution in [3.63, 3.8) is 0 Å². The van der Waals surface area contributed by atoms with Gasteiger partial charge in [0.25, 0.3) is 0 Å². The van der Waals surface area contributed by atoms with Gasteiger partial charge in [-0.2, -0.15) is 0 Å². The Morgan fingerprint density at radius 2 is 1.56 bits per heavy atom. The molecule has 106 valence electrons. The summed E-state index contributed by atoms with van der Waals surface area (Å²) in [6.45, 7) is 7.15. The summed E-state index contributed by atoms with van der Waals surface area (Å²) in [5.41, 5.74) is 0.877. The van der Waals surface area contributed by atoms with Crippen molar-refractivity contribution in [2.24, 2.45) is 0 Å². The zero-order valence-corrected chi connectivity index (χ0v) is 12.6. The van der Waals surface area contributed by atoms with Gasteiger partial charge >= 0.3 is 0 Å². The van der Waals surface area contributed by atoms with E-state index in [9.17, 15) is 4.79 Å². The number of rotatable bonds is 11. The molecule has 0 aliphatic heterocycles. The average Bonchev–Trinajstić information content (AvgIpc) is 2.37. The van der Waals surface area contributed by atoms with Crippen LogP contribution in [-0.4, -0.2) is 12.5 Å². The summed E-state index contributed by atoms with van der Waals surface area (Å²) in [6, 6.07) is 0. The number of allylic oxidation sites excluding steroid dienone is 1. The van der Waals surface area contributed by atoms with Crippen molar-refractivity contribution in [1.82, 2.24) is 5.32 Å². The Labute approximate surface area is 113 Å². The molecule has 0 bridgehead atoms. The maximum atomic E-state index is 11.7. The van der Waals surface area contributed by atoms with Crippen LogP contribution in [0.4, 0.5) is 0 Å². The first-order valence-corrected chi connectivity index (χ1v) is 7.67. The van der Waals surface area contributed by atoms with Crippen LogP contribution in [-0.2, 0) is 4.79 Å². The molecule has 0 rings (SSSR count). The number of hydrogen-bond donors (Lipinski definition) is 1. The Balaban J connectivity index is 3.58. The molecular weight excluding hydrogens is 222 g/mol. The van der Waals surface area contributed by atoms with Gasteiger partial charge in [0.1, 0.15) is 0 Å². The molecule has 0 aromatic rings. The molecule has 2 heteroatoms. The minimum absolute atomic E-state index is 0.113. The van der Waals surface area contributed by atoms with E-state index < -0.39 is 0 Å². The minimum atomic E-state index is 0.113. The van der Waals surface area contributed by atoms with E-state index in [0.717, 1.165) is 25.0 Å². The van der Waals surface area contributed by atoms with Crippen LogP contribution < -0.4 is 5.32 Å². The number of nitrogens with one attached hydrogen (secondary N) is 1. The molecular formula is C16H31NO. The highest BCUT2D eigenvalue weighted by molar-refractivity contribution is 5.92. The summed E-state index contributed by atoms with van der Waals surface area (Å²) >= 11 is 0. The molecule has 0 fully saturated rings. The molecule has 0 aromatic carbocycles. The lowest BCUT2D eigenvalue weighted by molar-refractivity contribution is -0.117. The SMILES string of the molecule is CCCCCC/C=C(\C)C(=O)NCCCCCC. The van der Waals surface area contributed by atoms with Crippen molar-refractivity contribution in [3.8, 4) is 0 Å². The summed E-state index contributed by atoms with van der Waals surface area (Å²) in [4.78, 5) is 11.7. The fraction of sp³-hybridized carbons (Fsp3) is 0.812. The fourth-order valence-corrected chi connectivity index (χ4v) is 1.88. The van der Waals surface area contributed by atoms with Gasteiger partial charge in [-0.05, 0) is 26.2 Å². The summed E-state index contributed by atoms with van der Waals surface area (Å²) < 4.78 is 0. The molecule has 0 aliphatic carbocycles. The van der Waals surface area contributed by atoms with Crippen LogP contribution in [0.5, 0.6) is 0 Å². The van der Waals surface area contributed by atoms with Gasteiger partial charge in [0.05, 0.1) is 0 Å². The van der Waals surface area contributed by atoms with E-state index in [1.54, 1.807) is 0 Å². The standard InChI is InChI=1S/C16H31NO/c1-4-6-8-10-11-13-15(3)16(18)17-14-12-9-7-5-2/h13H,4-12,14H2,1-3H3,(H,17,18)/b15-13+. The smallest absolute Gasteiger partial charge is 0.246 e. The number of carbonyl (C=O) groups is 1. The van der Waals surface area contributed by atoms with Crippen molar-refractivity contribution >= 4 is 5.91 Å². The minimum Gasteiger partial charge on any atom is -0.352 e. The van der Waals surface area contributed by atoms with E-state index in [1.165, 1.54) is 44.9 Å². The highest BCUT2D eigenvalue weighted by atomic mass is 16.1. The zero-order valence-electron chi connectivity index (χ0n) is 12.6. The lowest BCUT2D eigenvalue weighted by Crippen LogP contribution is -2.25. The van der Waals surface area contributed by atoms with Gasteiger partial charge in [0, 0.05) is 12.1 Å². The first-order valence-electron chi connectivity index (χ1n) is 7.67. The zero-order chi connectivity index (χ0) is 13.6. The number of unbranched alkanes of at least 4 members (excludes halogenated alkanes) is 7. The van der Waals surface area contributed by atoms with Crippen molar-refractivity contribution in [3.05, 3.63) is 11.6 Å². The third-order valence-corrected chi connectivity index (χ3v) is 3.18. The maximum absolute atomic E-state index is 11.7. The predicted octanol–water partition coefficient (Wildman–Crippen LogP) is 4.60. The second-order valence-electron chi connectivity index (χ2n) is 5.05. The van der Waals surface area contributed by atoms with Crippen LogP contribution >= 0.6 is 0 Å². The molecule has 0 heterocycles. The lowest BCUT2D eigenvalue weighted by atomic mass is 10.1. The van der Waals surface area contributed by atoms with Crippen LogP contribution in [0.2, 0.25) is 0 Å². The van der Waals surface area contributed by atoms with E-state index in [0.29, 0.717) is 0 Å². The first-order chi connectivity index (χ1) is 8.72. The molecule has 0 unspecified atom stereocenters. The van der Waals surface area contributed by atoms with Gasteiger partial charge in [-0.15, -0.1) is 0 Å². The van der Waals surface area contributed by atoms with Gasteiger partial charge < -0.3 is 5.32 Å². The maximum Gasteiger partial charge on any atom is 0.246 e. The lowest BCUT2D eigenvalue weighted by Gasteiger charge is -2.05. The fourth-order valence-electron chi connectivity index (χ4n) is 1.88. The van der Waals surface area contributed by atoms with Crippen molar-refractivity contribution in [2.45, 2.75) is 78.6 Å². The van der Waals surface area contributed by atoms with E-state index in [1.807, 2.05) is 6.92 Å². The van der Waals surface area contributed by atoms with Gasteiger partial charge in [-0.1, -0.05) is 58.4 Å². The normalized spacial score (nSPS) is 11.6. The molecule has 0 saturated carbocycles. The Morgan fingerprint density at radius 3 is 2.17 bits per heavy atom. The summed E-state index contributed by atoms with van der Waals surface area (Å²) in [6.07, 6.45) is 13.0. The van der Waals surface area contributed by atoms with E-state index in [2.05, 4.69) is 25.2 Å². The Hall–Kier alpha value is -0.790. The van der Waals surface area contributed by atoms with Gasteiger partial charge in [0.15, 0.2) is 0 Å². The van der Waals surface area contributed by atoms with Gasteiger partial charge in [0.2, 0.25) is 5.91 Å². The van der Waals surface area contributed by atoms with Gasteiger partial charge in [-0.25, -0.2) is 0 Å². The van der Waals surface area contributed by atoms with Crippen LogP contribution in [0.25, 0.3) is 0 Å². The topological polar surface area (TPSA) is 29.1 Å². The highest BCUT2D eigenvalue weighted by Crippen LogP contribution is 2.05. The molecule has 1 N–H and O–H groups in total. The largest absolute Gasteiger partial charge is 0.352 e. The van der Waals surface area contributed by atoms with Gasteiger partial charge in [-0.3, -0.25) is 4.79 Å². The summed E-state index contributed by atoms with van der Waals surface area (Å²) in [5.74, 6) is 0.113. The summed E-state index contributed by atoms with van der Waals surface area (Å²) in [7, 11) is 0. The van der Waals surface area contributed by atoms with E-state index >= 15 is 0 Å². The third-order valence-electron chi connectivity index (χ3n) is 3.18. The van der Waals surface area contributed by atoms with Crippen molar-refractivity contribution in [1.29, 1.82) is 0 Å². The molecule has 0 aromatic heterocycles. The monoisotopic (exact) mass is 253 g/mol. The van der Waals surface area contributed by atoms with Crippen LogP contribution in [0.1, 0.15) is 78.6 Å². The second kappa shape index (κ2) is 12.7. The molecule has 0 aliphatic rings. The highest BCUT2D eigenvalue weighted by Gasteiger charge is 2.02. The second-order valence-corrected chi connectivity index (χ2v) is 5.05. The average molecular weight is 253 g/mol. The first kappa shape index (κ1) is 17.2. The third kappa shape index (κ3) is 10.4. The van der Waals surface area contributed by atoms with Crippen molar-refractivity contribution in [2.75, 3.05) is 6.54 Å².